The quantitative estimate of drug-likeness (QED) is 0.470. The van der Waals surface area contributed by atoms with Gasteiger partial charge in [-0.3, -0.25) is 9.59 Å². The highest BCUT2D eigenvalue weighted by Crippen LogP contribution is 2.28. The number of aromatic nitrogens is 3. The third kappa shape index (κ3) is 6.05. The fourth-order valence-corrected chi connectivity index (χ4v) is 5.47. The largest absolute Gasteiger partial charge is 0.389 e. The third-order valence-electron chi connectivity index (χ3n) is 7.67. The molecule has 216 valence electrons. The number of fused-ring (bicyclic) bond motifs is 5. The van der Waals surface area contributed by atoms with E-state index in [0.29, 0.717) is 49.9 Å². The second-order valence-corrected chi connectivity index (χ2v) is 10.5. The maximum atomic E-state index is 13.2. The Labute approximate surface area is 234 Å². The van der Waals surface area contributed by atoms with E-state index in [-0.39, 0.29) is 24.5 Å². The average molecular weight is 570 g/mol. The van der Waals surface area contributed by atoms with Crippen molar-refractivity contribution in [2.75, 3.05) is 44.7 Å². The summed E-state index contributed by atoms with van der Waals surface area (Å²) < 4.78 is 44.8. The summed E-state index contributed by atoms with van der Waals surface area (Å²) in [6, 6.07) is 11.1. The van der Waals surface area contributed by atoms with Gasteiger partial charge in [0.15, 0.2) is 5.65 Å². The number of halogens is 3. The minimum atomic E-state index is -4.35. The van der Waals surface area contributed by atoms with Crippen molar-refractivity contribution < 1.29 is 27.5 Å². The van der Waals surface area contributed by atoms with Crippen molar-refractivity contribution in [3.05, 3.63) is 59.8 Å². The summed E-state index contributed by atoms with van der Waals surface area (Å²) in [5, 5.41) is 11.1. The lowest BCUT2D eigenvalue weighted by Crippen LogP contribution is -2.57. The number of alkyl halides is 3. The number of rotatable bonds is 6. The van der Waals surface area contributed by atoms with Crippen LogP contribution in [0.15, 0.2) is 48.7 Å². The number of nitrogens with zero attached hydrogens (tertiary/aromatic N) is 5. The van der Waals surface area contributed by atoms with Crippen LogP contribution in [-0.4, -0.2) is 93.9 Å². The predicted molar refractivity (Wildman–Crippen MR) is 145 cm³/mol. The number of anilines is 2. The minimum absolute atomic E-state index is 0.0181. The molecule has 2 atom stereocenters. The van der Waals surface area contributed by atoms with Crippen LogP contribution >= 0.6 is 0 Å². The monoisotopic (exact) mass is 569 g/mol. The Morgan fingerprint density at radius 3 is 2.73 bits per heavy atom. The SMILES string of the molecule is O=C(CCC(F)(F)F)N1CC=C(c2cccn3nc(Nc4ccc(C(=O)N5CC6COCC5CN6)cc4)nc23)CC1. The van der Waals surface area contributed by atoms with E-state index in [2.05, 4.69) is 20.7 Å². The van der Waals surface area contributed by atoms with Crippen LogP contribution in [0, 0.1) is 0 Å². The lowest BCUT2D eigenvalue weighted by atomic mass is 10.00. The van der Waals surface area contributed by atoms with Gasteiger partial charge in [-0.1, -0.05) is 6.08 Å². The Bertz CT molecular complexity index is 1470. The summed E-state index contributed by atoms with van der Waals surface area (Å²) in [5.41, 5.74) is 3.76. The molecule has 3 fully saturated rings. The first-order chi connectivity index (χ1) is 19.7. The van der Waals surface area contributed by atoms with Crippen LogP contribution < -0.4 is 10.6 Å². The van der Waals surface area contributed by atoms with E-state index in [1.54, 1.807) is 22.8 Å². The Hall–Kier alpha value is -3.97. The van der Waals surface area contributed by atoms with Crippen LogP contribution in [0.5, 0.6) is 0 Å². The number of piperazine rings is 1. The first kappa shape index (κ1) is 27.2. The number of hydrogen-bond acceptors (Lipinski definition) is 7. The highest BCUT2D eigenvalue weighted by molar-refractivity contribution is 5.95. The number of amides is 2. The van der Waals surface area contributed by atoms with E-state index in [1.165, 1.54) is 4.90 Å². The highest BCUT2D eigenvalue weighted by atomic mass is 19.4. The fourth-order valence-electron chi connectivity index (χ4n) is 5.47. The zero-order chi connectivity index (χ0) is 28.6. The number of pyridine rings is 1. The standard InChI is InChI=1S/C28H30F3N7O3/c29-28(30,31)10-7-24(39)36-12-8-18(9-13-36)23-2-1-11-38-25(23)34-27(35-38)33-20-5-3-19(4-6-20)26(40)37-15-21-16-41-17-22(37)14-32-21/h1-6,8,11,21-22,32H,7,9-10,12-17H2,(H,33,35). The molecular formula is C28H30F3N7O3. The Morgan fingerprint density at radius 2 is 1.98 bits per heavy atom. The van der Waals surface area contributed by atoms with Gasteiger partial charge in [-0.25, -0.2) is 4.52 Å². The van der Waals surface area contributed by atoms with Gasteiger partial charge in [0.1, 0.15) is 0 Å². The van der Waals surface area contributed by atoms with Gasteiger partial charge in [-0.15, -0.1) is 5.10 Å². The Morgan fingerprint density at radius 1 is 1.15 bits per heavy atom. The number of hydrogen-bond donors (Lipinski definition) is 2. The van der Waals surface area contributed by atoms with E-state index in [1.807, 2.05) is 35.2 Å². The van der Waals surface area contributed by atoms with E-state index in [4.69, 9.17) is 4.74 Å². The molecule has 2 aromatic heterocycles. The molecule has 2 bridgehead atoms. The van der Waals surface area contributed by atoms with Crippen molar-refractivity contribution >= 4 is 34.7 Å². The van der Waals surface area contributed by atoms with Gasteiger partial charge in [0.25, 0.3) is 5.91 Å². The molecule has 2 amide bonds. The predicted octanol–water partition coefficient (Wildman–Crippen LogP) is 3.24. The van der Waals surface area contributed by atoms with Crippen LogP contribution in [0.2, 0.25) is 0 Å². The van der Waals surface area contributed by atoms with Crippen LogP contribution in [0.25, 0.3) is 11.2 Å². The van der Waals surface area contributed by atoms with Gasteiger partial charge in [0.05, 0.1) is 25.7 Å². The molecule has 3 aromatic rings. The summed E-state index contributed by atoms with van der Waals surface area (Å²) >= 11 is 0. The maximum absolute atomic E-state index is 13.2. The van der Waals surface area contributed by atoms with E-state index in [0.717, 1.165) is 23.4 Å². The summed E-state index contributed by atoms with van der Waals surface area (Å²) in [4.78, 5) is 33.4. The zero-order valence-electron chi connectivity index (χ0n) is 22.2. The van der Waals surface area contributed by atoms with Crippen LogP contribution in [0.1, 0.15) is 35.2 Å². The van der Waals surface area contributed by atoms with E-state index < -0.39 is 24.9 Å². The van der Waals surface area contributed by atoms with Gasteiger partial charge in [-0.05, 0) is 48.4 Å². The van der Waals surface area contributed by atoms with Gasteiger partial charge in [-0.2, -0.15) is 18.2 Å². The molecule has 13 heteroatoms. The molecule has 2 unspecified atom stereocenters. The van der Waals surface area contributed by atoms with Crippen molar-refractivity contribution in [3.63, 3.8) is 0 Å². The van der Waals surface area contributed by atoms with E-state index in [9.17, 15) is 22.8 Å². The summed E-state index contributed by atoms with van der Waals surface area (Å²) in [5.74, 6) is -0.137. The molecule has 3 saturated heterocycles. The lowest BCUT2D eigenvalue weighted by molar-refractivity contribution is -0.148. The molecule has 6 heterocycles. The lowest BCUT2D eigenvalue weighted by Gasteiger charge is -2.36. The molecule has 7 rings (SSSR count). The summed E-state index contributed by atoms with van der Waals surface area (Å²) in [7, 11) is 0. The average Bonchev–Trinajstić information content (AvgIpc) is 3.11. The first-order valence-electron chi connectivity index (χ1n) is 13.6. The van der Waals surface area contributed by atoms with Crippen LogP contribution in [0.3, 0.4) is 0 Å². The third-order valence-corrected chi connectivity index (χ3v) is 7.67. The molecule has 41 heavy (non-hydrogen) atoms. The summed E-state index contributed by atoms with van der Waals surface area (Å²) in [6.07, 6.45) is -1.85. The molecule has 1 aromatic carbocycles. The Kier molecular flexibility index (Phi) is 7.39. The van der Waals surface area contributed by atoms with Gasteiger partial charge in [0, 0.05) is 61.7 Å². The molecule has 0 spiro atoms. The molecule has 10 nitrogen and oxygen atoms in total. The van der Waals surface area contributed by atoms with Crippen molar-refractivity contribution in [2.24, 2.45) is 0 Å². The van der Waals surface area contributed by atoms with Crippen molar-refractivity contribution in [1.82, 2.24) is 29.7 Å². The van der Waals surface area contributed by atoms with Crippen LogP contribution in [0.4, 0.5) is 24.8 Å². The number of carbonyl (C=O) groups is 2. The smallest absolute Gasteiger partial charge is 0.378 e. The number of ether oxygens (including phenoxy) is 1. The number of benzene rings is 1. The van der Waals surface area contributed by atoms with Crippen molar-refractivity contribution in [2.45, 2.75) is 37.5 Å². The van der Waals surface area contributed by atoms with Crippen molar-refractivity contribution in [3.8, 4) is 0 Å². The zero-order valence-corrected chi connectivity index (χ0v) is 22.2. The van der Waals surface area contributed by atoms with E-state index >= 15 is 0 Å². The molecule has 2 N–H and O–H groups in total. The molecular weight excluding hydrogens is 539 g/mol. The number of carbonyl (C=O) groups excluding carboxylic acids is 2. The minimum Gasteiger partial charge on any atom is -0.378 e. The second kappa shape index (κ2) is 11.1. The second-order valence-electron chi connectivity index (χ2n) is 10.5. The topological polar surface area (TPSA) is 104 Å². The first-order valence-corrected chi connectivity index (χ1v) is 13.6. The molecule has 0 aliphatic carbocycles. The highest BCUT2D eigenvalue weighted by Gasteiger charge is 2.35. The normalized spacial score (nSPS) is 21.1. The molecule has 4 aliphatic rings. The van der Waals surface area contributed by atoms with Gasteiger partial charge >= 0.3 is 6.18 Å². The summed E-state index contributed by atoms with van der Waals surface area (Å²) in [6.45, 7) is 3.09. The molecule has 4 aliphatic heterocycles. The van der Waals surface area contributed by atoms with Crippen molar-refractivity contribution in [1.29, 1.82) is 0 Å². The van der Waals surface area contributed by atoms with Gasteiger partial charge in [0.2, 0.25) is 11.9 Å². The Balaban J connectivity index is 1.12. The molecule has 0 saturated carbocycles. The van der Waals surface area contributed by atoms with Crippen LogP contribution in [-0.2, 0) is 9.53 Å². The maximum Gasteiger partial charge on any atom is 0.389 e. The molecule has 0 radical (unpaired) electrons. The number of nitrogens with one attached hydrogen (secondary N) is 2. The fraction of sp³-hybridized carbons (Fsp3) is 0.429. The van der Waals surface area contributed by atoms with Gasteiger partial charge < -0.3 is 25.2 Å².